The predicted molar refractivity (Wildman–Crippen MR) is 146 cm³/mol. The van der Waals surface area contributed by atoms with Crippen LogP contribution in [0, 0.1) is 5.92 Å². The highest BCUT2D eigenvalue weighted by Crippen LogP contribution is 2.66. The summed E-state index contributed by atoms with van der Waals surface area (Å²) in [7, 11) is 0. The topological polar surface area (TPSA) is 73.2 Å². The van der Waals surface area contributed by atoms with Gasteiger partial charge in [-0.15, -0.1) is 0 Å². The highest BCUT2D eigenvalue weighted by atomic mass is 35.5. The lowest BCUT2D eigenvalue weighted by Crippen LogP contribution is -2.78. The van der Waals surface area contributed by atoms with Crippen molar-refractivity contribution in [1.29, 1.82) is 0 Å². The molecule has 5 atom stereocenters. The van der Waals surface area contributed by atoms with E-state index in [0.717, 1.165) is 43.0 Å². The minimum atomic E-state index is -0.959. The van der Waals surface area contributed by atoms with Gasteiger partial charge < -0.3 is 19.8 Å². The van der Waals surface area contributed by atoms with Crippen LogP contribution in [0.2, 0.25) is 10.0 Å². The monoisotopic (exact) mass is 556 g/mol. The number of benzene rings is 2. The first-order valence-electron chi connectivity index (χ1n) is 14.0. The van der Waals surface area contributed by atoms with E-state index in [1.165, 1.54) is 18.4 Å². The van der Waals surface area contributed by atoms with Gasteiger partial charge in [0.05, 0.1) is 33.5 Å². The van der Waals surface area contributed by atoms with Crippen LogP contribution >= 0.6 is 23.2 Å². The third-order valence-electron chi connectivity index (χ3n) is 10.1. The molecule has 1 saturated heterocycles. The standard InChI is InChI=1S/C30H34Cl2N2O4/c1-2-34(25(36)14-18-5-7-20(31)21(32)13-18)22-9-10-30(37)24-15-19-6-8-23(35)27-26(19)29(30,28(22)38-27)11-12-33(24)16-17-3-4-17/h5-8,13,17,22,24,28,35,37H,2-4,9-12,14-16H2,1H3/t22-,24-,28+,29?,30-/m1/s1. The molecular formula is C30H34Cl2N2O4. The zero-order valence-electron chi connectivity index (χ0n) is 21.6. The van der Waals surface area contributed by atoms with Crippen LogP contribution in [0.5, 0.6) is 11.5 Å². The van der Waals surface area contributed by atoms with Crippen LogP contribution in [0.3, 0.4) is 0 Å². The molecule has 5 aliphatic rings. The number of hydrogen-bond donors (Lipinski definition) is 2. The van der Waals surface area contributed by atoms with E-state index in [4.69, 9.17) is 27.9 Å². The molecule has 2 aromatic rings. The number of nitrogens with zero attached hydrogens (tertiary/aromatic N) is 2. The normalized spacial score (nSPS) is 33.0. The largest absolute Gasteiger partial charge is 0.504 e. The molecule has 1 unspecified atom stereocenters. The minimum Gasteiger partial charge on any atom is -0.504 e. The molecule has 3 aliphatic carbocycles. The quantitative estimate of drug-likeness (QED) is 0.538. The van der Waals surface area contributed by atoms with Gasteiger partial charge in [-0.2, -0.15) is 0 Å². The van der Waals surface area contributed by atoms with E-state index in [9.17, 15) is 15.0 Å². The molecule has 1 spiro atoms. The lowest BCUT2D eigenvalue weighted by atomic mass is 9.48. The molecule has 3 fully saturated rings. The second-order valence-corrected chi connectivity index (χ2v) is 12.8. The van der Waals surface area contributed by atoms with Crippen LogP contribution < -0.4 is 4.74 Å². The number of hydrogen-bond acceptors (Lipinski definition) is 5. The van der Waals surface area contributed by atoms with Gasteiger partial charge in [0.1, 0.15) is 6.10 Å². The fourth-order valence-electron chi connectivity index (χ4n) is 8.30. The molecule has 202 valence electrons. The Bertz CT molecular complexity index is 1320. The summed E-state index contributed by atoms with van der Waals surface area (Å²) in [5, 5.41) is 24.5. The first-order valence-corrected chi connectivity index (χ1v) is 14.7. The zero-order chi connectivity index (χ0) is 26.4. The van der Waals surface area contributed by atoms with Crippen LogP contribution in [-0.4, -0.2) is 69.3 Å². The van der Waals surface area contributed by atoms with Crippen LogP contribution in [0.4, 0.5) is 0 Å². The van der Waals surface area contributed by atoms with Gasteiger partial charge in [0, 0.05) is 24.7 Å². The molecule has 38 heavy (non-hydrogen) atoms. The molecule has 2 aliphatic heterocycles. The Labute approximate surface area is 233 Å². The lowest BCUT2D eigenvalue weighted by Gasteiger charge is -2.65. The van der Waals surface area contributed by atoms with E-state index in [1.54, 1.807) is 18.2 Å². The van der Waals surface area contributed by atoms with Gasteiger partial charge in [-0.3, -0.25) is 9.69 Å². The van der Waals surface area contributed by atoms with Crippen molar-refractivity contribution in [2.45, 2.75) is 81.1 Å². The average Bonchev–Trinajstić information content (AvgIpc) is 3.63. The Morgan fingerprint density at radius 1 is 1.16 bits per heavy atom. The van der Waals surface area contributed by atoms with Crippen molar-refractivity contribution in [3.8, 4) is 11.5 Å². The second-order valence-electron chi connectivity index (χ2n) is 12.0. The number of ether oxygens (including phenoxy) is 1. The van der Waals surface area contributed by atoms with Gasteiger partial charge in [0.15, 0.2) is 11.5 Å². The number of likely N-dealkylation sites (tertiary alicyclic amines) is 1. The number of aromatic hydroxyl groups is 1. The fourth-order valence-corrected chi connectivity index (χ4v) is 8.62. The molecule has 2 N–H and O–H groups in total. The lowest BCUT2D eigenvalue weighted by molar-refractivity contribution is -0.201. The van der Waals surface area contributed by atoms with Gasteiger partial charge in [0.2, 0.25) is 5.91 Å². The predicted octanol–water partition coefficient (Wildman–Crippen LogP) is 4.72. The smallest absolute Gasteiger partial charge is 0.227 e. The van der Waals surface area contributed by atoms with Crippen molar-refractivity contribution < 1.29 is 19.7 Å². The number of rotatable bonds is 6. The molecule has 2 bridgehead atoms. The van der Waals surface area contributed by atoms with Crippen LogP contribution in [-0.2, 0) is 23.1 Å². The summed E-state index contributed by atoms with van der Waals surface area (Å²) in [4.78, 5) is 18.2. The van der Waals surface area contributed by atoms with Crippen molar-refractivity contribution in [1.82, 2.24) is 9.80 Å². The number of phenolic OH excluding ortho intramolecular Hbond substituents is 1. The Morgan fingerprint density at radius 3 is 2.71 bits per heavy atom. The van der Waals surface area contributed by atoms with Crippen molar-refractivity contribution in [3.63, 3.8) is 0 Å². The molecule has 0 aromatic heterocycles. The zero-order valence-corrected chi connectivity index (χ0v) is 23.1. The SMILES string of the molecule is CCN(C(=O)Cc1ccc(Cl)c(Cl)c1)[C@@H]1CC[C@@]2(O)[C@H]3Cc4ccc(O)c5c4C2(CCN3CC2CC2)[C@H]1O5. The first kappa shape index (κ1) is 25.0. The molecule has 2 aromatic carbocycles. The Kier molecular flexibility index (Phi) is 5.76. The molecule has 2 heterocycles. The summed E-state index contributed by atoms with van der Waals surface area (Å²) in [5.74, 6) is 1.38. The van der Waals surface area contributed by atoms with Gasteiger partial charge in [-0.1, -0.05) is 35.3 Å². The van der Waals surface area contributed by atoms with Crippen LogP contribution in [0.15, 0.2) is 30.3 Å². The molecule has 7 rings (SSSR count). The Balaban J connectivity index is 1.27. The number of likely N-dealkylation sites (N-methyl/N-ethyl adjacent to an activating group) is 1. The van der Waals surface area contributed by atoms with Gasteiger partial charge in [0.25, 0.3) is 0 Å². The number of carbonyl (C=O) groups excluding carboxylic acids is 1. The summed E-state index contributed by atoms with van der Waals surface area (Å²) >= 11 is 12.3. The number of amides is 1. The van der Waals surface area contributed by atoms with E-state index in [0.29, 0.717) is 35.2 Å². The average molecular weight is 558 g/mol. The maximum atomic E-state index is 13.7. The molecule has 2 saturated carbocycles. The maximum absolute atomic E-state index is 13.7. The summed E-state index contributed by atoms with van der Waals surface area (Å²) in [5.41, 5.74) is 1.38. The molecular weight excluding hydrogens is 523 g/mol. The van der Waals surface area contributed by atoms with Crippen LogP contribution in [0.1, 0.15) is 55.7 Å². The van der Waals surface area contributed by atoms with E-state index in [2.05, 4.69) is 4.90 Å². The van der Waals surface area contributed by atoms with Crippen molar-refractivity contribution >= 4 is 29.1 Å². The number of piperidine rings is 1. The molecule has 0 radical (unpaired) electrons. The number of phenols is 1. The van der Waals surface area contributed by atoms with Gasteiger partial charge in [-0.25, -0.2) is 0 Å². The van der Waals surface area contributed by atoms with E-state index in [-0.39, 0.29) is 30.2 Å². The third-order valence-corrected chi connectivity index (χ3v) is 10.9. The Hall–Kier alpha value is -1.99. The summed E-state index contributed by atoms with van der Waals surface area (Å²) in [6, 6.07) is 8.88. The second kappa shape index (κ2) is 8.76. The molecule has 8 heteroatoms. The first-order chi connectivity index (χ1) is 18.3. The van der Waals surface area contributed by atoms with Gasteiger partial charge >= 0.3 is 0 Å². The molecule has 6 nitrogen and oxygen atoms in total. The van der Waals surface area contributed by atoms with E-state index >= 15 is 0 Å². The van der Waals surface area contributed by atoms with Gasteiger partial charge in [-0.05, 0) is 87.2 Å². The summed E-state index contributed by atoms with van der Waals surface area (Å²) < 4.78 is 6.67. The maximum Gasteiger partial charge on any atom is 0.227 e. The minimum absolute atomic E-state index is 0.000240. The fraction of sp³-hybridized carbons (Fsp3) is 0.567. The highest BCUT2D eigenvalue weighted by molar-refractivity contribution is 6.42. The summed E-state index contributed by atoms with van der Waals surface area (Å²) in [6.07, 6.45) is 5.15. The molecule has 1 amide bonds. The Morgan fingerprint density at radius 2 is 1.97 bits per heavy atom. The van der Waals surface area contributed by atoms with Crippen molar-refractivity contribution in [2.24, 2.45) is 5.92 Å². The van der Waals surface area contributed by atoms with Crippen LogP contribution in [0.25, 0.3) is 0 Å². The number of aliphatic hydroxyl groups is 1. The van der Waals surface area contributed by atoms with E-state index in [1.807, 2.05) is 24.0 Å². The van der Waals surface area contributed by atoms with Crippen molar-refractivity contribution in [2.75, 3.05) is 19.6 Å². The number of halogens is 2. The highest BCUT2D eigenvalue weighted by Gasteiger charge is 2.73. The van der Waals surface area contributed by atoms with E-state index < -0.39 is 17.1 Å². The number of carbonyl (C=O) groups is 1. The van der Waals surface area contributed by atoms with Crippen molar-refractivity contribution in [3.05, 3.63) is 57.1 Å². The third kappa shape index (κ3) is 3.43. The summed E-state index contributed by atoms with van der Waals surface area (Å²) in [6.45, 7) is 4.47.